The average Bonchev–Trinajstić information content (AvgIpc) is 3.16. The predicted molar refractivity (Wildman–Crippen MR) is 114 cm³/mol. The number of allylic oxidation sites excluding steroid dienone is 1. The highest BCUT2D eigenvalue weighted by Crippen LogP contribution is 2.35. The molecule has 1 aliphatic heterocycles. The summed E-state index contributed by atoms with van der Waals surface area (Å²) in [6.07, 6.45) is 5.43. The number of hydrogen-bond acceptors (Lipinski definition) is 5. The van der Waals surface area contributed by atoms with Gasteiger partial charge in [-0.05, 0) is 55.3 Å². The van der Waals surface area contributed by atoms with Gasteiger partial charge in [0.15, 0.2) is 0 Å². The van der Waals surface area contributed by atoms with Crippen LogP contribution in [0, 0.1) is 11.3 Å². The Balaban J connectivity index is 1.68. The number of benzene rings is 2. The molecule has 5 heteroatoms. The largest absolute Gasteiger partial charge is 0.363 e. The van der Waals surface area contributed by atoms with Gasteiger partial charge in [-0.3, -0.25) is 0 Å². The highest BCUT2D eigenvalue weighted by atomic mass is 32.1. The second-order valence-corrected chi connectivity index (χ2v) is 8.23. The first-order valence-corrected chi connectivity index (χ1v) is 10.4. The van der Waals surface area contributed by atoms with Crippen LogP contribution in [0.4, 0.5) is 0 Å². The molecule has 1 unspecified atom stereocenters. The number of nitriles is 1. The van der Waals surface area contributed by atoms with Crippen molar-refractivity contribution in [3.05, 3.63) is 70.7 Å². The zero-order chi connectivity index (χ0) is 19.3. The van der Waals surface area contributed by atoms with Gasteiger partial charge in [0.1, 0.15) is 11.1 Å². The van der Waals surface area contributed by atoms with Gasteiger partial charge in [-0.25, -0.2) is 4.98 Å². The standard InChI is InChI=1S/C23H23N3OS/c1-26-14-11-19(12-15-26)27-22(18-8-4-6-17(16-18)7-5-13-24)23-25-20-9-2-3-10-21(20)28-23/h2-10,16,19,22H,11-12,14-15H2,1H3/b7-5+. The number of nitrogens with zero attached hydrogens (tertiary/aromatic N) is 3. The van der Waals surface area contributed by atoms with Gasteiger partial charge in [0.25, 0.3) is 0 Å². The van der Waals surface area contributed by atoms with Gasteiger partial charge >= 0.3 is 0 Å². The van der Waals surface area contributed by atoms with Gasteiger partial charge in [0.2, 0.25) is 0 Å². The van der Waals surface area contributed by atoms with Crippen LogP contribution >= 0.6 is 11.3 Å². The minimum atomic E-state index is -0.193. The fraction of sp³-hybridized carbons (Fsp3) is 0.304. The van der Waals surface area contributed by atoms with Crippen LogP contribution in [-0.2, 0) is 4.74 Å². The fourth-order valence-electron chi connectivity index (χ4n) is 3.55. The Kier molecular flexibility index (Phi) is 5.82. The maximum atomic E-state index is 8.83. The highest BCUT2D eigenvalue weighted by molar-refractivity contribution is 7.18. The van der Waals surface area contributed by atoms with Crippen LogP contribution in [0.5, 0.6) is 0 Å². The molecule has 1 aliphatic rings. The van der Waals surface area contributed by atoms with E-state index in [1.54, 1.807) is 11.3 Å². The van der Waals surface area contributed by atoms with Gasteiger partial charge in [-0.1, -0.05) is 30.3 Å². The number of rotatable bonds is 5. The van der Waals surface area contributed by atoms with Crippen molar-refractivity contribution in [1.29, 1.82) is 5.26 Å². The van der Waals surface area contributed by atoms with E-state index in [0.29, 0.717) is 0 Å². The van der Waals surface area contributed by atoms with E-state index in [9.17, 15) is 0 Å². The number of fused-ring (bicyclic) bond motifs is 1. The summed E-state index contributed by atoms with van der Waals surface area (Å²) >= 11 is 1.70. The monoisotopic (exact) mass is 389 g/mol. The Morgan fingerprint density at radius 2 is 2.04 bits per heavy atom. The SMILES string of the molecule is CN1CCC(OC(c2cccc(/C=C/C#N)c2)c2nc3ccccc3s2)CC1. The van der Waals surface area contributed by atoms with Crippen LogP contribution in [-0.4, -0.2) is 36.1 Å². The van der Waals surface area contributed by atoms with Gasteiger partial charge < -0.3 is 9.64 Å². The molecule has 2 heterocycles. The second-order valence-electron chi connectivity index (χ2n) is 7.17. The first-order chi connectivity index (χ1) is 13.7. The summed E-state index contributed by atoms with van der Waals surface area (Å²) in [4.78, 5) is 7.22. The highest BCUT2D eigenvalue weighted by Gasteiger charge is 2.26. The first kappa shape index (κ1) is 18.8. The van der Waals surface area contributed by atoms with Crippen molar-refractivity contribution in [2.45, 2.75) is 25.0 Å². The molecule has 4 rings (SSSR count). The summed E-state index contributed by atoms with van der Waals surface area (Å²) in [7, 11) is 2.16. The zero-order valence-corrected chi connectivity index (χ0v) is 16.7. The predicted octanol–water partition coefficient (Wildman–Crippen LogP) is 5.03. The third-order valence-electron chi connectivity index (χ3n) is 5.09. The number of thiazole rings is 1. The van der Waals surface area contributed by atoms with E-state index in [1.807, 2.05) is 36.4 Å². The molecule has 0 spiro atoms. The van der Waals surface area contributed by atoms with Crippen LogP contribution in [0.15, 0.2) is 54.6 Å². The van der Waals surface area contributed by atoms with Gasteiger partial charge in [0.05, 0.1) is 22.4 Å². The quantitative estimate of drug-likeness (QED) is 0.574. The van der Waals surface area contributed by atoms with Crippen molar-refractivity contribution in [3.8, 4) is 6.07 Å². The smallest absolute Gasteiger partial charge is 0.134 e. The molecule has 0 N–H and O–H groups in total. The minimum Gasteiger partial charge on any atom is -0.363 e. The van der Waals surface area contributed by atoms with Gasteiger partial charge in [0, 0.05) is 19.2 Å². The van der Waals surface area contributed by atoms with Crippen molar-refractivity contribution in [1.82, 2.24) is 9.88 Å². The molecule has 1 fully saturated rings. The maximum Gasteiger partial charge on any atom is 0.134 e. The van der Waals surface area contributed by atoms with E-state index in [2.05, 4.69) is 36.2 Å². The molecule has 2 aromatic carbocycles. The van der Waals surface area contributed by atoms with Crippen molar-refractivity contribution < 1.29 is 4.74 Å². The molecule has 0 bridgehead atoms. The summed E-state index contributed by atoms with van der Waals surface area (Å²) in [5, 5.41) is 9.82. The average molecular weight is 390 g/mol. The van der Waals surface area contributed by atoms with Crippen molar-refractivity contribution in [2.24, 2.45) is 0 Å². The Labute approximate surface area is 169 Å². The molecule has 0 radical (unpaired) electrons. The molecule has 1 atom stereocenters. The Morgan fingerprint density at radius 3 is 2.82 bits per heavy atom. The summed E-state index contributed by atoms with van der Waals surface area (Å²) in [6.45, 7) is 2.12. The Bertz CT molecular complexity index is 979. The number of aromatic nitrogens is 1. The van der Waals surface area contributed by atoms with Crippen LogP contribution in [0.2, 0.25) is 0 Å². The lowest BCUT2D eigenvalue weighted by Crippen LogP contribution is -2.35. The van der Waals surface area contributed by atoms with E-state index in [-0.39, 0.29) is 12.2 Å². The maximum absolute atomic E-state index is 8.83. The van der Waals surface area contributed by atoms with Crippen LogP contribution in [0.3, 0.4) is 0 Å². The molecule has 1 saturated heterocycles. The molecule has 0 amide bonds. The number of para-hydroxylation sites is 1. The summed E-state index contributed by atoms with van der Waals surface area (Å²) in [6, 6.07) is 18.5. The lowest BCUT2D eigenvalue weighted by Gasteiger charge is -2.31. The topological polar surface area (TPSA) is 49.1 Å². The van der Waals surface area contributed by atoms with Crippen molar-refractivity contribution in [3.63, 3.8) is 0 Å². The van der Waals surface area contributed by atoms with Crippen LogP contribution in [0.1, 0.15) is 35.1 Å². The van der Waals surface area contributed by atoms with Crippen molar-refractivity contribution >= 4 is 27.6 Å². The molecule has 0 aliphatic carbocycles. The molecule has 4 nitrogen and oxygen atoms in total. The lowest BCUT2D eigenvalue weighted by atomic mass is 10.0. The molecular weight excluding hydrogens is 366 g/mol. The Morgan fingerprint density at radius 1 is 1.21 bits per heavy atom. The summed E-state index contributed by atoms with van der Waals surface area (Å²) in [5.74, 6) is 0. The zero-order valence-electron chi connectivity index (χ0n) is 15.9. The molecule has 3 aromatic rings. The lowest BCUT2D eigenvalue weighted by molar-refractivity contribution is -0.0234. The number of likely N-dealkylation sites (tertiary alicyclic amines) is 1. The summed E-state index contributed by atoms with van der Waals surface area (Å²) < 4.78 is 7.81. The number of hydrogen-bond donors (Lipinski definition) is 0. The van der Waals surface area contributed by atoms with Crippen molar-refractivity contribution in [2.75, 3.05) is 20.1 Å². The normalized spacial score (nSPS) is 17.1. The van der Waals surface area contributed by atoms with Crippen LogP contribution < -0.4 is 0 Å². The number of ether oxygens (including phenoxy) is 1. The molecule has 28 heavy (non-hydrogen) atoms. The number of piperidine rings is 1. The fourth-order valence-corrected chi connectivity index (χ4v) is 4.59. The summed E-state index contributed by atoms with van der Waals surface area (Å²) in [5.41, 5.74) is 3.09. The van der Waals surface area contributed by atoms with E-state index >= 15 is 0 Å². The molecular formula is C23H23N3OS. The minimum absolute atomic E-state index is 0.193. The molecule has 0 saturated carbocycles. The van der Waals surface area contributed by atoms with E-state index < -0.39 is 0 Å². The van der Waals surface area contributed by atoms with Gasteiger partial charge in [-0.2, -0.15) is 5.26 Å². The third kappa shape index (κ3) is 4.31. The second kappa shape index (κ2) is 8.66. The Hall–Kier alpha value is -2.52. The van der Waals surface area contributed by atoms with E-state index in [1.165, 1.54) is 10.8 Å². The van der Waals surface area contributed by atoms with Gasteiger partial charge in [-0.15, -0.1) is 11.3 Å². The molecule has 142 valence electrons. The van der Waals surface area contributed by atoms with E-state index in [0.717, 1.165) is 47.6 Å². The third-order valence-corrected chi connectivity index (χ3v) is 6.17. The van der Waals surface area contributed by atoms with Crippen LogP contribution in [0.25, 0.3) is 16.3 Å². The van der Waals surface area contributed by atoms with E-state index in [4.69, 9.17) is 15.0 Å². The first-order valence-electron chi connectivity index (χ1n) is 9.58. The molecule has 1 aromatic heterocycles.